The van der Waals surface area contributed by atoms with Gasteiger partial charge >= 0.3 is 0 Å². The number of non-ortho nitro benzene ring substituents is 1. The van der Waals surface area contributed by atoms with Crippen molar-refractivity contribution in [2.75, 3.05) is 5.32 Å². The van der Waals surface area contributed by atoms with Crippen LogP contribution in [0.25, 0.3) is 0 Å². The Morgan fingerprint density at radius 2 is 1.76 bits per heavy atom. The van der Waals surface area contributed by atoms with Crippen molar-refractivity contribution in [3.05, 3.63) is 46.0 Å². The second-order valence-corrected chi connectivity index (χ2v) is 3.83. The predicted octanol–water partition coefficient (Wildman–Crippen LogP) is 3.00. The highest BCUT2D eigenvalue weighted by Crippen LogP contribution is 2.27. The molecule has 1 aromatic carbocycles. The van der Waals surface area contributed by atoms with Crippen LogP contribution >= 0.6 is 0 Å². The molecule has 1 N–H and O–H groups in total. The molecule has 0 atom stereocenters. The lowest BCUT2D eigenvalue weighted by Crippen LogP contribution is -2.17. The minimum atomic E-state index is -0.941. The molecule has 0 saturated carbocycles. The van der Waals surface area contributed by atoms with Gasteiger partial charge in [-0.25, -0.2) is 8.78 Å². The number of nitrogens with one attached hydrogen (secondary N) is 1. The fourth-order valence-electron chi connectivity index (χ4n) is 1.74. The van der Waals surface area contributed by atoms with Gasteiger partial charge < -0.3 is 5.32 Å². The summed E-state index contributed by atoms with van der Waals surface area (Å²) < 4.78 is 27.0. The number of halogens is 2. The van der Waals surface area contributed by atoms with Gasteiger partial charge in [-0.1, -0.05) is 12.2 Å². The summed E-state index contributed by atoms with van der Waals surface area (Å²) in [4.78, 5) is 9.58. The summed E-state index contributed by atoms with van der Waals surface area (Å²) >= 11 is 0. The molecule has 0 spiro atoms. The van der Waals surface area contributed by atoms with E-state index in [1.165, 1.54) is 0 Å². The summed E-state index contributed by atoms with van der Waals surface area (Å²) in [5.74, 6) is -1.88. The Kier molecular flexibility index (Phi) is 3.03. The maximum Gasteiger partial charge on any atom is 0.275 e. The van der Waals surface area contributed by atoms with Gasteiger partial charge in [0.2, 0.25) is 0 Å². The van der Waals surface area contributed by atoms with E-state index in [2.05, 4.69) is 5.32 Å². The first kappa shape index (κ1) is 11.5. The van der Waals surface area contributed by atoms with Gasteiger partial charge in [0.1, 0.15) is 5.69 Å². The zero-order valence-electron chi connectivity index (χ0n) is 8.82. The maximum absolute atomic E-state index is 13.5. The topological polar surface area (TPSA) is 55.2 Å². The van der Waals surface area contributed by atoms with Gasteiger partial charge in [0.25, 0.3) is 5.69 Å². The number of hydrogen-bond donors (Lipinski definition) is 1. The highest BCUT2D eigenvalue weighted by Gasteiger charge is 2.19. The molecular formula is C11H10F2N2O2. The van der Waals surface area contributed by atoms with E-state index in [9.17, 15) is 18.9 Å². The molecule has 1 aliphatic rings. The lowest BCUT2D eigenvalue weighted by atomic mass is 10.2. The van der Waals surface area contributed by atoms with Crippen molar-refractivity contribution in [2.24, 2.45) is 0 Å². The smallest absolute Gasteiger partial charge is 0.275 e. The third-order valence-corrected chi connectivity index (χ3v) is 2.59. The first-order valence-electron chi connectivity index (χ1n) is 5.13. The highest BCUT2D eigenvalue weighted by molar-refractivity contribution is 5.52. The van der Waals surface area contributed by atoms with Crippen LogP contribution in [0.3, 0.4) is 0 Å². The van der Waals surface area contributed by atoms with E-state index in [-0.39, 0.29) is 11.7 Å². The van der Waals surface area contributed by atoms with Crippen molar-refractivity contribution >= 4 is 11.4 Å². The molecule has 0 bridgehead atoms. The van der Waals surface area contributed by atoms with E-state index in [1.54, 1.807) is 0 Å². The summed E-state index contributed by atoms with van der Waals surface area (Å²) in [6, 6.07) is 1.38. The van der Waals surface area contributed by atoms with Gasteiger partial charge in [-0.15, -0.1) is 0 Å². The zero-order chi connectivity index (χ0) is 12.4. The maximum atomic E-state index is 13.5. The molecule has 0 radical (unpaired) electrons. The third kappa shape index (κ3) is 2.41. The normalized spacial score (nSPS) is 15.2. The van der Waals surface area contributed by atoms with Crippen LogP contribution in [0.5, 0.6) is 0 Å². The molecule has 6 heteroatoms. The van der Waals surface area contributed by atoms with Crippen molar-refractivity contribution in [1.29, 1.82) is 0 Å². The van der Waals surface area contributed by atoms with Crippen LogP contribution in [0, 0.1) is 21.7 Å². The molecule has 90 valence electrons. The van der Waals surface area contributed by atoms with Crippen molar-refractivity contribution in [2.45, 2.75) is 18.9 Å². The van der Waals surface area contributed by atoms with Crippen LogP contribution in [0.1, 0.15) is 12.8 Å². The molecule has 0 aromatic heterocycles. The van der Waals surface area contributed by atoms with E-state index >= 15 is 0 Å². The molecule has 0 heterocycles. The van der Waals surface area contributed by atoms with Gasteiger partial charge in [0, 0.05) is 6.04 Å². The summed E-state index contributed by atoms with van der Waals surface area (Å²) in [7, 11) is 0. The molecule has 1 aliphatic carbocycles. The van der Waals surface area contributed by atoms with Crippen molar-refractivity contribution in [3.63, 3.8) is 0 Å². The molecule has 2 rings (SSSR count). The summed E-state index contributed by atoms with van der Waals surface area (Å²) in [6.07, 6.45) is 5.21. The van der Waals surface area contributed by atoms with E-state index in [1.807, 2.05) is 12.2 Å². The van der Waals surface area contributed by atoms with Crippen LogP contribution in [0.15, 0.2) is 24.3 Å². The number of hydrogen-bond acceptors (Lipinski definition) is 3. The second kappa shape index (κ2) is 4.48. The average molecular weight is 240 g/mol. The second-order valence-electron chi connectivity index (χ2n) is 3.83. The number of benzene rings is 1. The Balaban J connectivity index is 2.25. The number of anilines is 1. The van der Waals surface area contributed by atoms with Crippen LogP contribution in [0.4, 0.5) is 20.2 Å². The molecule has 0 unspecified atom stereocenters. The van der Waals surface area contributed by atoms with Gasteiger partial charge in [-0.2, -0.15) is 0 Å². The molecule has 0 amide bonds. The number of nitrogens with zero attached hydrogens (tertiary/aromatic N) is 1. The first-order valence-corrected chi connectivity index (χ1v) is 5.13. The Morgan fingerprint density at radius 3 is 2.24 bits per heavy atom. The van der Waals surface area contributed by atoms with Gasteiger partial charge in [0.05, 0.1) is 17.1 Å². The molecular weight excluding hydrogens is 230 g/mol. The molecule has 0 fully saturated rings. The van der Waals surface area contributed by atoms with E-state index < -0.39 is 22.2 Å². The summed E-state index contributed by atoms with van der Waals surface area (Å²) in [6.45, 7) is 0. The standard InChI is InChI=1S/C11H10F2N2O2/c12-9-5-8(15(16)17)6-10(13)11(9)14-7-3-1-2-4-7/h1-2,5-7,14H,3-4H2. The van der Waals surface area contributed by atoms with Crippen LogP contribution in [0.2, 0.25) is 0 Å². The fraction of sp³-hybridized carbons (Fsp3) is 0.273. The minimum Gasteiger partial charge on any atom is -0.377 e. The van der Waals surface area contributed by atoms with E-state index in [0.29, 0.717) is 25.0 Å². The number of rotatable bonds is 3. The molecule has 0 aliphatic heterocycles. The summed E-state index contributed by atoms with van der Waals surface area (Å²) in [5, 5.41) is 13.1. The third-order valence-electron chi connectivity index (χ3n) is 2.59. The average Bonchev–Trinajstić information content (AvgIpc) is 2.75. The van der Waals surface area contributed by atoms with Crippen molar-refractivity contribution in [1.82, 2.24) is 0 Å². The number of nitro groups is 1. The predicted molar refractivity (Wildman–Crippen MR) is 58.8 cm³/mol. The Bertz CT molecular complexity index is 457. The highest BCUT2D eigenvalue weighted by atomic mass is 19.1. The van der Waals surface area contributed by atoms with Crippen LogP contribution < -0.4 is 5.32 Å². The SMILES string of the molecule is O=[N+]([O-])c1cc(F)c(NC2CC=CC2)c(F)c1. The van der Waals surface area contributed by atoms with Crippen LogP contribution in [-0.4, -0.2) is 11.0 Å². The Labute approximate surface area is 96.1 Å². The molecule has 1 aromatic rings. The molecule has 4 nitrogen and oxygen atoms in total. The Morgan fingerprint density at radius 1 is 1.24 bits per heavy atom. The van der Waals surface area contributed by atoms with Gasteiger partial charge in [0.15, 0.2) is 11.6 Å². The van der Waals surface area contributed by atoms with Gasteiger partial charge in [-0.3, -0.25) is 10.1 Å². The monoisotopic (exact) mass is 240 g/mol. The lowest BCUT2D eigenvalue weighted by Gasteiger charge is -2.14. The summed E-state index contributed by atoms with van der Waals surface area (Å²) in [5.41, 5.74) is -0.889. The van der Waals surface area contributed by atoms with Crippen molar-refractivity contribution in [3.8, 4) is 0 Å². The lowest BCUT2D eigenvalue weighted by molar-refractivity contribution is -0.385. The fourth-order valence-corrected chi connectivity index (χ4v) is 1.74. The quantitative estimate of drug-likeness (QED) is 0.502. The molecule has 0 saturated heterocycles. The molecule has 17 heavy (non-hydrogen) atoms. The van der Waals surface area contributed by atoms with Crippen molar-refractivity contribution < 1.29 is 13.7 Å². The van der Waals surface area contributed by atoms with E-state index in [0.717, 1.165) is 0 Å². The van der Waals surface area contributed by atoms with Gasteiger partial charge in [-0.05, 0) is 12.8 Å². The first-order chi connectivity index (χ1) is 8.08. The minimum absolute atomic E-state index is 0.0551. The zero-order valence-corrected chi connectivity index (χ0v) is 8.82. The Hall–Kier alpha value is -1.98. The number of nitro benzene ring substituents is 1. The van der Waals surface area contributed by atoms with E-state index in [4.69, 9.17) is 0 Å². The van der Waals surface area contributed by atoms with Crippen LogP contribution in [-0.2, 0) is 0 Å². The largest absolute Gasteiger partial charge is 0.377 e.